The molecule has 1 atom stereocenters. The number of carbonyl (C=O) groups excluding carboxylic acids is 2. The zero-order valence-electron chi connectivity index (χ0n) is 19.5. The van der Waals surface area contributed by atoms with Crippen LogP contribution in [0.1, 0.15) is 66.4 Å². The van der Waals surface area contributed by atoms with Crippen LogP contribution in [0.3, 0.4) is 0 Å². The normalized spacial score (nSPS) is 28.3. The lowest BCUT2D eigenvalue weighted by atomic mass is 9.48. The van der Waals surface area contributed by atoms with Gasteiger partial charge in [-0.1, -0.05) is 0 Å². The molecule has 0 saturated heterocycles. The van der Waals surface area contributed by atoms with Gasteiger partial charge in [0.25, 0.3) is 11.8 Å². The zero-order valence-corrected chi connectivity index (χ0v) is 19.5. The molecule has 7 heteroatoms. The standard InChI is InChI=1S/C26H32N2O5/c1-15(26-12-16-7-17(13-26)9-18(8-16)14-26)27-24(29)19-10-20(23(32-3)22(11-19)31-2)28-25(30)21-5-4-6-33-21/h4-6,10-11,15-18H,7-9,12-14H2,1-3H3,(H,27,29)(H,28,30). The first-order valence-corrected chi connectivity index (χ1v) is 11.8. The molecule has 2 amide bonds. The molecular weight excluding hydrogens is 420 g/mol. The molecule has 1 unspecified atom stereocenters. The molecule has 4 aliphatic rings. The molecule has 4 saturated carbocycles. The summed E-state index contributed by atoms with van der Waals surface area (Å²) in [5.41, 5.74) is 0.974. The molecule has 1 aromatic heterocycles. The van der Waals surface area contributed by atoms with Crippen molar-refractivity contribution in [3.8, 4) is 11.5 Å². The Hall–Kier alpha value is -2.96. The third-order valence-corrected chi connectivity index (χ3v) is 8.09. The van der Waals surface area contributed by atoms with E-state index < -0.39 is 5.91 Å². The maximum Gasteiger partial charge on any atom is 0.291 e. The molecule has 1 heterocycles. The van der Waals surface area contributed by atoms with Crippen LogP contribution in [0.4, 0.5) is 5.69 Å². The number of nitrogens with one attached hydrogen (secondary N) is 2. The van der Waals surface area contributed by atoms with Crippen molar-refractivity contribution >= 4 is 17.5 Å². The highest BCUT2D eigenvalue weighted by molar-refractivity contribution is 6.05. The Bertz CT molecular complexity index is 1010. The van der Waals surface area contributed by atoms with E-state index in [0.29, 0.717) is 22.7 Å². The summed E-state index contributed by atoms with van der Waals surface area (Å²) in [6.07, 6.45) is 9.20. The molecule has 2 N–H and O–H groups in total. The molecule has 4 fully saturated rings. The number of benzene rings is 1. The van der Waals surface area contributed by atoms with E-state index in [9.17, 15) is 9.59 Å². The van der Waals surface area contributed by atoms with Crippen molar-refractivity contribution < 1.29 is 23.5 Å². The van der Waals surface area contributed by atoms with Gasteiger partial charge in [0, 0.05) is 11.6 Å². The van der Waals surface area contributed by atoms with Gasteiger partial charge in [0.1, 0.15) is 0 Å². The summed E-state index contributed by atoms with van der Waals surface area (Å²) in [7, 11) is 3.00. The second kappa shape index (κ2) is 8.43. The molecular formula is C26H32N2O5. The van der Waals surface area contributed by atoms with Gasteiger partial charge in [0.05, 0.1) is 26.2 Å². The quantitative estimate of drug-likeness (QED) is 0.625. The fourth-order valence-electron chi connectivity index (χ4n) is 6.92. The third-order valence-electron chi connectivity index (χ3n) is 8.09. The van der Waals surface area contributed by atoms with Crippen molar-refractivity contribution in [1.29, 1.82) is 0 Å². The number of ether oxygens (including phenoxy) is 2. The second-order valence-electron chi connectivity index (χ2n) is 10.2. The number of hydrogen-bond donors (Lipinski definition) is 2. The summed E-state index contributed by atoms with van der Waals surface area (Å²) in [5, 5.41) is 6.06. The van der Waals surface area contributed by atoms with Crippen LogP contribution in [0, 0.1) is 23.2 Å². The van der Waals surface area contributed by atoms with Crippen LogP contribution in [0.5, 0.6) is 11.5 Å². The van der Waals surface area contributed by atoms with E-state index in [1.165, 1.54) is 59.0 Å². The Morgan fingerprint density at radius 1 is 1.03 bits per heavy atom. The van der Waals surface area contributed by atoms with Crippen LogP contribution < -0.4 is 20.1 Å². The van der Waals surface area contributed by atoms with Crippen molar-refractivity contribution in [2.24, 2.45) is 23.2 Å². The van der Waals surface area contributed by atoms with Gasteiger partial charge in [-0.3, -0.25) is 9.59 Å². The molecule has 0 spiro atoms. The first-order chi connectivity index (χ1) is 15.9. The molecule has 4 bridgehead atoms. The molecule has 6 rings (SSSR count). The van der Waals surface area contributed by atoms with Crippen molar-refractivity contribution in [2.75, 3.05) is 19.5 Å². The van der Waals surface area contributed by atoms with E-state index in [1.807, 2.05) is 0 Å². The average Bonchev–Trinajstić information content (AvgIpc) is 3.32. The summed E-state index contributed by atoms with van der Waals surface area (Å²) in [6.45, 7) is 2.16. The first-order valence-electron chi connectivity index (χ1n) is 11.8. The Morgan fingerprint density at radius 2 is 1.70 bits per heavy atom. The van der Waals surface area contributed by atoms with Crippen LogP contribution in [0.15, 0.2) is 34.9 Å². The van der Waals surface area contributed by atoms with E-state index in [2.05, 4.69) is 17.6 Å². The third kappa shape index (κ3) is 3.98. The lowest BCUT2D eigenvalue weighted by molar-refractivity contribution is -0.0688. The van der Waals surface area contributed by atoms with E-state index in [1.54, 1.807) is 24.3 Å². The van der Waals surface area contributed by atoms with E-state index >= 15 is 0 Å². The highest BCUT2D eigenvalue weighted by atomic mass is 16.5. The van der Waals surface area contributed by atoms with Crippen LogP contribution in [0.2, 0.25) is 0 Å². The van der Waals surface area contributed by atoms with E-state index in [0.717, 1.165) is 17.8 Å². The number of amides is 2. The van der Waals surface area contributed by atoms with E-state index in [-0.39, 0.29) is 23.1 Å². The van der Waals surface area contributed by atoms with Gasteiger partial charge >= 0.3 is 0 Å². The minimum Gasteiger partial charge on any atom is -0.493 e. The molecule has 176 valence electrons. The topological polar surface area (TPSA) is 89.8 Å². The summed E-state index contributed by atoms with van der Waals surface area (Å²) < 4.78 is 16.1. The predicted molar refractivity (Wildman–Crippen MR) is 124 cm³/mol. The maximum atomic E-state index is 13.3. The van der Waals surface area contributed by atoms with Gasteiger partial charge in [-0.05, 0) is 92.9 Å². The van der Waals surface area contributed by atoms with Gasteiger partial charge in [-0.25, -0.2) is 0 Å². The summed E-state index contributed by atoms with van der Waals surface area (Å²) in [5.74, 6) is 2.75. The monoisotopic (exact) mass is 452 g/mol. The number of hydrogen-bond acceptors (Lipinski definition) is 5. The molecule has 0 aliphatic heterocycles. The predicted octanol–water partition coefficient (Wildman–Crippen LogP) is 4.88. The lowest BCUT2D eigenvalue weighted by Crippen LogP contribution is -2.55. The lowest BCUT2D eigenvalue weighted by Gasteiger charge is -2.59. The average molecular weight is 453 g/mol. The molecule has 0 radical (unpaired) electrons. The van der Waals surface area contributed by atoms with Gasteiger partial charge in [0.15, 0.2) is 17.3 Å². The van der Waals surface area contributed by atoms with Crippen LogP contribution in [-0.2, 0) is 0 Å². The molecule has 1 aromatic carbocycles. The van der Waals surface area contributed by atoms with Gasteiger partial charge in [0.2, 0.25) is 0 Å². The van der Waals surface area contributed by atoms with Gasteiger partial charge in [-0.15, -0.1) is 0 Å². The van der Waals surface area contributed by atoms with Crippen molar-refractivity contribution in [2.45, 2.75) is 51.5 Å². The molecule has 2 aromatic rings. The fourth-order valence-corrected chi connectivity index (χ4v) is 6.92. The number of carbonyl (C=O) groups is 2. The van der Waals surface area contributed by atoms with Crippen molar-refractivity contribution in [3.63, 3.8) is 0 Å². The van der Waals surface area contributed by atoms with Crippen LogP contribution in [-0.4, -0.2) is 32.1 Å². The highest BCUT2D eigenvalue weighted by Gasteiger charge is 2.53. The number of anilines is 1. The SMILES string of the molecule is COc1cc(C(=O)NC(C)C23CC4CC(CC(C4)C2)C3)cc(NC(=O)c2ccco2)c1OC. The minimum atomic E-state index is -0.431. The number of furan rings is 1. The first kappa shape index (κ1) is 21.9. The number of rotatable bonds is 7. The van der Waals surface area contributed by atoms with Gasteiger partial charge in [-0.2, -0.15) is 0 Å². The second-order valence-corrected chi connectivity index (χ2v) is 10.2. The van der Waals surface area contributed by atoms with Gasteiger partial charge < -0.3 is 24.5 Å². The molecule has 4 aliphatic carbocycles. The smallest absolute Gasteiger partial charge is 0.291 e. The fraction of sp³-hybridized carbons (Fsp3) is 0.538. The summed E-state index contributed by atoms with van der Waals surface area (Å²) in [6, 6.07) is 6.59. The number of methoxy groups -OCH3 is 2. The van der Waals surface area contributed by atoms with E-state index in [4.69, 9.17) is 13.9 Å². The Balaban J connectivity index is 1.38. The molecule has 33 heavy (non-hydrogen) atoms. The molecule has 7 nitrogen and oxygen atoms in total. The Kier molecular flexibility index (Phi) is 5.59. The maximum absolute atomic E-state index is 13.3. The Morgan fingerprint density at radius 3 is 2.24 bits per heavy atom. The van der Waals surface area contributed by atoms with Crippen molar-refractivity contribution in [1.82, 2.24) is 5.32 Å². The summed E-state index contributed by atoms with van der Waals surface area (Å²) in [4.78, 5) is 25.9. The van der Waals surface area contributed by atoms with Crippen LogP contribution >= 0.6 is 0 Å². The highest BCUT2D eigenvalue weighted by Crippen LogP contribution is 2.61. The van der Waals surface area contributed by atoms with Crippen molar-refractivity contribution in [3.05, 3.63) is 41.9 Å². The Labute approximate surface area is 194 Å². The zero-order chi connectivity index (χ0) is 23.2. The largest absolute Gasteiger partial charge is 0.493 e. The minimum absolute atomic E-state index is 0.0904. The summed E-state index contributed by atoms with van der Waals surface area (Å²) >= 11 is 0. The van der Waals surface area contributed by atoms with Crippen LogP contribution in [0.25, 0.3) is 0 Å².